The topological polar surface area (TPSA) is 44.8 Å². The van der Waals surface area contributed by atoms with Crippen molar-refractivity contribution in [2.75, 3.05) is 6.61 Å². The molecule has 0 amide bonds. The molecule has 4 heteroatoms. The molecule has 3 aromatic carbocycles. The molecule has 0 aromatic heterocycles. The Morgan fingerprint density at radius 1 is 0.750 bits per heavy atom. The van der Waals surface area contributed by atoms with Crippen LogP contribution in [0.1, 0.15) is 27.0 Å². The van der Waals surface area contributed by atoms with Gasteiger partial charge in [0.25, 0.3) is 0 Å². The van der Waals surface area contributed by atoms with Crippen molar-refractivity contribution in [3.8, 4) is 0 Å². The number of benzene rings is 3. The van der Waals surface area contributed by atoms with Gasteiger partial charge in [0, 0.05) is 0 Å². The van der Waals surface area contributed by atoms with Crippen molar-refractivity contribution in [3.63, 3.8) is 0 Å². The fourth-order valence-corrected chi connectivity index (χ4v) is 2.59. The Hall–Kier alpha value is -2.95. The largest absolute Gasteiger partial charge is 0.457 e. The number of aryl methyl sites for hydroxylation is 1. The first kappa shape index (κ1) is 19.8. The van der Waals surface area contributed by atoms with Crippen LogP contribution in [0.25, 0.3) is 0 Å². The molecule has 28 heavy (non-hydrogen) atoms. The highest BCUT2D eigenvalue weighted by molar-refractivity contribution is 5.89. The van der Waals surface area contributed by atoms with Gasteiger partial charge in [-0.1, -0.05) is 78.4 Å². The van der Waals surface area contributed by atoms with Crippen molar-refractivity contribution in [1.29, 1.82) is 0 Å². The molecule has 0 atom stereocenters. The molecule has 0 aliphatic heterocycles. The minimum absolute atomic E-state index is 0.0202. The quantitative estimate of drug-likeness (QED) is 0.393. The maximum Gasteiger partial charge on any atom is 0.338 e. The van der Waals surface area contributed by atoms with Gasteiger partial charge in [0.05, 0.1) is 18.8 Å². The van der Waals surface area contributed by atoms with Crippen LogP contribution in [0.15, 0.2) is 84.9 Å². The smallest absolute Gasteiger partial charge is 0.338 e. The summed E-state index contributed by atoms with van der Waals surface area (Å²) in [6.45, 7) is 2.75. The number of carbonyl (C=O) groups is 1. The fourth-order valence-electron chi connectivity index (χ4n) is 2.59. The Kier molecular flexibility index (Phi) is 7.36. The van der Waals surface area contributed by atoms with Crippen LogP contribution in [0.2, 0.25) is 0 Å². The summed E-state index contributed by atoms with van der Waals surface area (Å²) in [6, 6.07) is 26.9. The molecule has 0 fully saturated rings. The highest BCUT2D eigenvalue weighted by atomic mass is 16.7. The first-order chi connectivity index (χ1) is 13.7. The standard InChI is InChI=1S/C24H24O4/c1-19-12-14-22(15-13-19)24(25)28-18-23(26-16-20-8-4-2-5-9-20)27-17-21-10-6-3-7-11-21/h2-15,23H,16-18H2,1H3. The van der Waals surface area contributed by atoms with E-state index in [1.165, 1.54) is 0 Å². The van der Waals surface area contributed by atoms with E-state index in [1.807, 2.05) is 79.7 Å². The van der Waals surface area contributed by atoms with Crippen molar-refractivity contribution in [3.05, 3.63) is 107 Å². The Morgan fingerprint density at radius 2 is 1.25 bits per heavy atom. The van der Waals surface area contributed by atoms with Gasteiger partial charge in [0.15, 0.2) is 6.29 Å². The number of hydrogen-bond acceptors (Lipinski definition) is 4. The third-order valence-corrected chi connectivity index (χ3v) is 4.20. The molecule has 0 saturated carbocycles. The average molecular weight is 376 g/mol. The highest BCUT2D eigenvalue weighted by Gasteiger charge is 2.15. The zero-order valence-electron chi connectivity index (χ0n) is 15.9. The van der Waals surface area contributed by atoms with E-state index in [0.717, 1.165) is 16.7 Å². The Morgan fingerprint density at radius 3 is 1.75 bits per heavy atom. The van der Waals surface area contributed by atoms with Gasteiger partial charge < -0.3 is 14.2 Å². The Bertz CT molecular complexity index is 801. The Balaban J connectivity index is 1.57. The first-order valence-electron chi connectivity index (χ1n) is 9.25. The second-order valence-electron chi connectivity index (χ2n) is 6.49. The molecule has 0 aliphatic carbocycles. The molecule has 0 radical (unpaired) electrons. The number of esters is 1. The van der Waals surface area contributed by atoms with Crippen LogP contribution in [0.4, 0.5) is 0 Å². The number of ether oxygens (including phenoxy) is 3. The third kappa shape index (κ3) is 6.34. The van der Waals surface area contributed by atoms with Crippen LogP contribution >= 0.6 is 0 Å². The minimum atomic E-state index is -0.658. The van der Waals surface area contributed by atoms with E-state index in [4.69, 9.17) is 14.2 Å². The zero-order valence-corrected chi connectivity index (χ0v) is 15.9. The van der Waals surface area contributed by atoms with Crippen molar-refractivity contribution < 1.29 is 19.0 Å². The van der Waals surface area contributed by atoms with E-state index >= 15 is 0 Å². The molecule has 3 aromatic rings. The van der Waals surface area contributed by atoms with Gasteiger partial charge in [-0.2, -0.15) is 0 Å². The molecular weight excluding hydrogens is 352 g/mol. The predicted octanol–water partition coefficient (Wildman–Crippen LogP) is 4.91. The van der Waals surface area contributed by atoms with Crippen LogP contribution in [-0.4, -0.2) is 18.9 Å². The molecule has 0 heterocycles. The van der Waals surface area contributed by atoms with E-state index in [9.17, 15) is 4.79 Å². The van der Waals surface area contributed by atoms with Gasteiger partial charge >= 0.3 is 5.97 Å². The summed E-state index contributed by atoms with van der Waals surface area (Å²) in [5.74, 6) is -0.392. The van der Waals surface area contributed by atoms with Crippen molar-refractivity contribution in [2.45, 2.75) is 26.4 Å². The fraction of sp³-hybridized carbons (Fsp3) is 0.208. The minimum Gasteiger partial charge on any atom is -0.457 e. The van der Waals surface area contributed by atoms with Gasteiger partial charge in [-0.25, -0.2) is 4.79 Å². The van der Waals surface area contributed by atoms with E-state index in [0.29, 0.717) is 18.8 Å². The second-order valence-corrected chi connectivity index (χ2v) is 6.49. The zero-order chi connectivity index (χ0) is 19.6. The molecule has 0 spiro atoms. The van der Waals surface area contributed by atoms with Crippen LogP contribution < -0.4 is 0 Å². The SMILES string of the molecule is Cc1ccc(C(=O)OCC(OCc2ccccc2)OCc2ccccc2)cc1. The molecule has 0 N–H and O–H groups in total. The summed E-state index contributed by atoms with van der Waals surface area (Å²) >= 11 is 0. The summed E-state index contributed by atoms with van der Waals surface area (Å²) in [4.78, 5) is 12.3. The summed E-state index contributed by atoms with van der Waals surface area (Å²) < 4.78 is 17.1. The number of carbonyl (C=O) groups excluding carboxylic acids is 1. The van der Waals surface area contributed by atoms with Crippen LogP contribution in [0.5, 0.6) is 0 Å². The van der Waals surface area contributed by atoms with Crippen LogP contribution in [0.3, 0.4) is 0 Å². The molecule has 4 nitrogen and oxygen atoms in total. The summed E-state index contributed by atoms with van der Waals surface area (Å²) in [7, 11) is 0. The summed E-state index contributed by atoms with van der Waals surface area (Å²) in [5, 5.41) is 0. The molecule has 0 bridgehead atoms. The normalized spacial score (nSPS) is 10.8. The second kappa shape index (κ2) is 10.4. The lowest BCUT2D eigenvalue weighted by Gasteiger charge is -2.19. The van der Waals surface area contributed by atoms with E-state index < -0.39 is 12.3 Å². The van der Waals surface area contributed by atoms with Gasteiger partial charge in [0.1, 0.15) is 6.61 Å². The lowest BCUT2D eigenvalue weighted by atomic mass is 10.1. The van der Waals surface area contributed by atoms with Crippen molar-refractivity contribution in [1.82, 2.24) is 0 Å². The summed E-state index contributed by atoms with van der Waals surface area (Å²) in [6.07, 6.45) is -0.658. The monoisotopic (exact) mass is 376 g/mol. The lowest BCUT2D eigenvalue weighted by Crippen LogP contribution is -2.25. The third-order valence-electron chi connectivity index (χ3n) is 4.20. The van der Waals surface area contributed by atoms with Gasteiger partial charge in [-0.3, -0.25) is 0 Å². The molecule has 3 rings (SSSR count). The molecule has 0 aliphatic rings. The Labute approximate surface area is 165 Å². The predicted molar refractivity (Wildman–Crippen MR) is 108 cm³/mol. The summed E-state index contributed by atoms with van der Waals surface area (Å²) in [5.41, 5.74) is 3.66. The molecule has 0 unspecified atom stereocenters. The van der Waals surface area contributed by atoms with Crippen molar-refractivity contribution in [2.24, 2.45) is 0 Å². The molecule has 0 saturated heterocycles. The number of hydrogen-bond donors (Lipinski definition) is 0. The molecular formula is C24H24O4. The maximum atomic E-state index is 12.3. The molecule has 144 valence electrons. The average Bonchev–Trinajstić information content (AvgIpc) is 2.75. The highest BCUT2D eigenvalue weighted by Crippen LogP contribution is 2.11. The maximum absolute atomic E-state index is 12.3. The van der Waals surface area contributed by atoms with E-state index in [1.54, 1.807) is 12.1 Å². The number of rotatable bonds is 9. The first-order valence-corrected chi connectivity index (χ1v) is 9.25. The van der Waals surface area contributed by atoms with Crippen LogP contribution in [0, 0.1) is 6.92 Å². The lowest BCUT2D eigenvalue weighted by molar-refractivity contribution is -0.176. The van der Waals surface area contributed by atoms with Crippen molar-refractivity contribution >= 4 is 5.97 Å². The van der Waals surface area contributed by atoms with Gasteiger partial charge in [0.2, 0.25) is 0 Å². The van der Waals surface area contributed by atoms with E-state index in [-0.39, 0.29) is 6.61 Å². The van der Waals surface area contributed by atoms with Gasteiger partial charge in [-0.15, -0.1) is 0 Å². The van der Waals surface area contributed by atoms with Crippen LogP contribution in [-0.2, 0) is 27.4 Å². The van der Waals surface area contributed by atoms with Gasteiger partial charge in [-0.05, 0) is 30.2 Å². The van der Waals surface area contributed by atoms with E-state index in [2.05, 4.69) is 0 Å².